The predicted molar refractivity (Wildman–Crippen MR) is 73.6 cm³/mol. The number of hydrogen-bond acceptors (Lipinski definition) is 4. The summed E-state index contributed by atoms with van der Waals surface area (Å²) in [6.07, 6.45) is 0. The molecule has 1 aromatic rings. The van der Waals surface area contributed by atoms with Crippen molar-refractivity contribution in [2.75, 3.05) is 31.6 Å². The molecule has 6 heteroatoms. The SMILES string of the molecule is Cc1ccc(NC(=O)CN2CCOCC2C(=O)O)cc1. The largest absolute Gasteiger partial charge is 0.480 e. The number of carboxylic acids is 1. The van der Waals surface area contributed by atoms with Crippen molar-refractivity contribution in [2.45, 2.75) is 13.0 Å². The van der Waals surface area contributed by atoms with Crippen LogP contribution in [0.3, 0.4) is 0 Å². The van der Waals surface area contributed by atoms with E-state index in [1.165, 1.54) is 0 Å². The van der Waals surface area contributed by atoms with Crippen molar-refractivity contribution in [1.29, 1.82) is 0 Å². The van der Waals surface area contributed by atoms with Crippen molar-refractivity contribution in [1.82, 2.24) is 4.90 Å². The predicted octanol–water partition coefficient (Wildman–Crippen LogP) is 0.719. The summed E-state index contributed by atoms with van der Waals surface area (Å²) in [4.78, 5) is 24.7. The molecule has 2 N–H and O–H groups in total. The van der Waals surface area contributed by atoms with Crippen molar-refractivity contribution in [2.24, 2.45) is 0 Å². The Balaban J connectivity index is 1.92. The zero-order valence-corrected chi connectivity index (χ0v) is 11.3. The number of carboxylic acid groups (broad SMARTS) is 1. The van der Waals surface area contributed by atoms with Crippen molar-refractivity contribution in [3.63, 3.8) is 0 Å². The lowest BCUT2D eigenvalue weighted by molar-refractivity contribution is -0.150. The lowest BCUT2D eigenvalue weighted by Gasteiger charge is -2.32. The van der Waals surface area contributed by atoms with E-state index >= 15 is 0 Å². The van der Waals surface area contributed by atoms with Gasteiger partial charge < -0.3 is 15.2 Å². The second-order valence-corrected chi connectivity index (χ2v) is 4.81. The number of carbonyl (C=O) groups excluding carboxylic acids is 1. The fraction of sp³-hybridized carbons (Fsp3) is 0.429. The van der Waals surface area contributed by atoms with Gasteiger partial charge in [-0.1, -0.05) is 17.7 Å². The summed E-state index contributed by atoms with van der Waals surface area (Å²) in [7, 11) is 0. The average molecular weight is 278 g/mol. The van der Waals surface area contributed by atoms with Crippen LogP contribution in [0.2, 0.25) is 0 Å². The number of aryl methyl sites for hydroxylation is 1. The molecule has 1 fully saturated rings. The number of nitrogens with one attached hydrogen (secondary N) is 1. The van der Waals surface area contributed by atoms with E-state index in [0.29, 0.717) is 18.8 Å². The van der Waals surface area contributed by atoms with Crippen molar-refractivity contribution in [3.8, 4) is 0 Å². The van der Waals surface area contributed by atoms with Gasteiger partial charge in [-0.25, -0.2) is 0 Å². The summed E-state index contributed by atoms with van der Waals surface area (Å²) < 4.78 is 5.13. The molecule has 20 heavy (non-hydrogen) atoms. The third-order valence-corrected chi connectivity index (χ3v) is 3.21. The molecule has 0 radical (unpaired) electrons. The smallest absolute Gasteiger partial charge is 0.323 e. The number of nitrogens with zero attached hydrogens (tertiary/aromatic N) is 1. The molecular weight excluding hydrogens is 260 g/mol. The number of rotatable bonds is 4. The fourth-order valence-corrected chi connectivity index (χ4v) is 2.08. The van der Waals surface area contributed by atoms with E-state index < -0.39 is 12.0 Å². The van der Waals surface area contributed by atoms with E-state index in [1.807, 2.05) is 31.2 Å². The first-order valence-electron chi connectivity index (χ1n) is 6.47. The van der Waals surface area contributed by atoms with Gasteiger partial charge >= 0.3 is 5.97 Å². The van der Waals surface area contributed by atoms with Crippen LogP contribution in [0.1, 0.15) is 5.56 Å². The first kappa shape index (κ1) is 14.5. The second-order valence-electron chi connectivity index (χ2n) is 4.81. The van der Waals surface area contributed by atoms with Crippen molar-refractivity contribution < 1.29 is 19.4 Å². The van der Waals surface area contributed by atoms with Gasteiger partial charge in [0, 0.05) is 12.2 Å². The Morgan fingerprint density at radius 2 is 2.10 bits per heavy atom. The van der Waals surface area contributed by atoms with Gasteiger partial charge in [-0.05, 0) is 19.1 Å². The van der Waals surface area contributed by atoms with E-state index in [9.17, 15) is 9.59 Å². The van der Waals surface area contributed by atoms with Crippen LogP contribution in [0.15, 0.2) is 24.3 Å². The molecular formula is C14H18N2O4. The molecule has 0 saturated carbocycles. The minimum absolute atomic E-state index is 0.0498. The first-order valence-corrected chi connectivity index (χ1v) is 6.47. The minimum atomic E-state index is -0.965. The summed E-state index contributed by atoms with van der Waals surface area (Å²) in [5, 5.41) is 11.9. The zero-order valence-electron chi connectivity index (χ0n) is 11.3. The quantitative estimate of drug-likeness (QED) is 0.848. The summed E-state index contributed by atoms with van der Waals surface area (Å²) in [5.74, 6) is -1.19. The maximum absolute atomic E-state index is 11.9. The number of amides is 1. The van der Waals surface area contributed by atoms with Crippen LogP contribution in [-0.4, -0.2) is 54.2 Å². The van der Waals surface area contributed by atoms with Crippen LogP contribution in [0, 0.1) is 6.92 Å². The van der Waals surface area contributed by atoms with Gasteiger partial charge in [-0.15, -0.1) is 0 Å². The zero-order chi connectivity index (χ0) is 14.5. The standard InChI is InChI=1S/C14H18N2O4/c1-10-2-4-11(5-3-10)15-13(17)8-16-6-7-20-9-12(16)14(18)19/h2-5,12H,6-9H2,1H3,(H,15,17)(H,18,19). The van der Waals surface area contributed by atoms with Crippen LogP contribution in [-0.2, 0) is 14.3 Å². The van der Waals surface area contributed by atoms with Gasteiger partial charge in [0.15, 0.2) is 0 Å². The Labute approximate surface area is 117 Å². The molecule has 108 valence electrons. The molecule has 1 heterocycles. The number of benzene rings is 1. The Morgan fingerprint density at radius 1 is 1.40 bits per heavy atom. The topological polar surface area (TPSA) is 78.9 Å². The number of morpholine rings is 1. The highest BCUT2D eigenvalue weighted by atomic mass is 16.5. The van der Waals surface area contributed by atoms with E-state index in [0.717, 1.165) is 5.56 Å². The maximum Gasteiger partial charge on any atom is 0.323 e. The van der Waals surface area contributed by atoms with Crippen LogP contribution in [0.25, 0.3) is 0 Å². The second kappa shape index (κ2) is 6.49. The molecule has 0 aromatic heterocycles. The molecule has 6 nitrogen and oxygen atoms in total. The maximum atomic E-state index is 11.9. The Hall–Kier alpha value is -1.92. The third kappa shape index (κ3) is 3.79. The molecule has 1 atom stereocenters. The van der Waals surface area contributed by atoms with E-state index in [-0.39, 0.29) is 19.1 Å². The molecule has 2 rings (SSSR count). The Morgan fingerprint density at radius 3 is 2.75 bits per heavy atom. The molecule has 1 saturated heterocycles. The Bertz CT molecular complexity index is 486. The monoisotopic (exact) mass is 278 g/mol. The normalized spacial score (nSPS) is 19.6. The summed E-state index contributed by atoms with van der Waals surface area (Å²) in [6.45, 7) is 3.03. The molecule has 0 bridgehead atoms. The molecule has 1 amide bonds. The minimum Gasteiger partial charge on any atom is -0.480 e. The van der Waals surface area contributed by atoms with E-state index in [1.54, 1.807) is 4.90 Å². The number of carbonyl (C=O) groups is 2. The van der Waals surface area contributed by atoms with Gasteiger partial charge in [-0.3, -0.25) is 14.5 Å². The van der Waals surface area contributed by atoms with Crippen LogP contribution >= 0.6 is 0 Å². The molecule has 0 spiro atoms. The van der Waals surface area contributed by atoms with Crippen LogP contribution in [0.4, 0.5) is 5.69 Å². The average Bonchev–Trinajstić information content (AvgIpc) is 2.41. The van der Waals surface area contributed by atoms with Gasteiger partial charge in [0.25, 0.3) is 0 Å². The summed E-state index contributed by atoms with van der Waals surface area (Å²) in [6, 6.07) is 6.70. The molecule has 1 aliphatic rings. The highest BCUT2D eigenvalue weighted by Gasteiger charge is 2.30. The van der Waals surface area contributed by atoms with E-state index in [4.69, 9.17) is 9.84 Å². The molecule has 1 aromatic carbocycles. The van der Waals surface area contributed by atoms with Crippen LogP contribution in [0.5, 0.6) is 0 Å². The Kier molecular flexibility index (Phi) is 4.70. The number of ether oxygens (including phenoxy) is 1. The number of anilines is 1. The third-order valence-electron chi connectivity index (χ3n) is 3.21. The number of hydrogen-bond donors (Lipinski definition) is 2. The fourth-order valence-electron chi connectivity index (χ4n) is 2.08. The van der Waals surface area contributed by atoms with Gasteiger partial charge in [0.1, 0.15) is 6.04 Å². The van der Waals surface area contributed by atoms with Gasteiger partial charge in [-0.2, -0.15) is 0 Å². The molecule has 0 aliphatic carbocycles. The van der Waals surface area contributed by atoms with Crippen molar-refractivity contribution >= 4 is 17.6 Å². The molecule has 1 aliphatic heterocycles. The summed E-state index contributed by atoms with van der Waals surface area (Å²) >= 11 is 0. The summed E-state index contributed by atoms with van der Waals surface area (Å²) in [5.41, 5.74) is 1.82. The first-order chi connectivity index (χ1) is 9.56. The number of aliphatic carboxylic acids is 1. The lowest BCUT2D eigenvalue weighted by atomic mass is 10.2. The highest BCUT2D eigenvalue weighted by molar-refractivity contribution is 5.92. The lowest BCUT2D eigenvalue weighted by Crippen LogP contribution is -2.52. The highest BCUT2D eigenvalue weighted by Crippen LogP contribution is 2.10. The van der Waals surface area contributed by atoms with E-state index in [2.05, 4.69) is 5.32 Å². The van der Waals surface area contributed by atoms with Crippen LogP contribution < -0.4 is 5.32 Å². The van der Waals surface area contributed by atoms with Crippen molar-refractivity contribution in [3.05, 3.63) is 29.8 Å². The van der Waals surface area contributed by atoms with Gasteiger partial charge in [0.05, 0.1) is 19.8 Å². The molecule has 1 unspecified atom stereocenters. The van der Waals surface area contributed by atoms with Gasteiger partial charge in [0.2, 0.25) is 5.91 Å².